The third-order valence-electron chi connectivity index (χ3n) is 4.66. The summed E-state index contributed by atoms with van der Waals surface area (Å²) in [4.78, 5) is 12.4. The van der Waals surface area contributed by atoms with E-state index in [1.54, 1.807) is 30.3 Å². The molecule has 3 aromatic rings. The van der Waals surface area contributed by atoms with E-state index in [4.69, 9.17) is 9.47 Å². The van der Waals surface area contributed by atoms with Crippen molar-refractivity contribution in [3.8, 4) is 11.6 Å². The average Bonchev–Trinajstić information content (AvgIpc) is 3.39. The molecule has 1 aromatic carbocycles. The number of nitrogens with zero attached hydrogens (tertiary/aromatic N) is 4. The summed E-state index contributed by atoms with van der Waals surface area (Å²) >= 11 is 0. The van der Waals surface area contributed by atoms with Crippen LogP contribution in [0.1, 0.15) is 11.6 Å². The Bertz CT molecular complexity index is 954. The van der Waals surface area contributed by atoms with Gasteiger partial charge in [0.2, 0.25) is 0 Å². The Labute approximate surface area is 156 Å². The highest BCUT2D eigenvalue weighted by Crippen LogP contribution is 2.21. The molecular weight excluding hydrogens is 346 g/mol. The van der Waals surface area contributed by atoms with E-state index < -0.39 is 0 Å². The van der Waals surface area contributed by atoms with Gasteiger partial charge in [0.05, 0.1) is 32.4 Å². The van der Waals surface area contributed by atoms with Gasteiger partial charge in [-0.05, 0) is 18.2 Å². The van der Waals surface area contributed by atoms with Gasteiger partial charge in [0, 0.05) is 30.6 Å². The highest BCUT2D eigenvalue weighted by atomic mass is 16.5. The molecule has 1 N–H and O–H groups in total. The smallest absolute Gasteiger partial charge is 0.267 e. The van der Waals surface area contributed by atoms with Gasteiger partial charge in [-0.2, -0.15) is 5.10 Å². The molecule has 140 valence electrons. The van der Waals surface area contributed by atoms with Crippen LogP contribution in [0.3, 0.4) is 0 Å². The van der Waals surface area contributed by atoms with Crippen LogP contribution in [0.15, 0.2) is 59.7 Å². The van der Waals surface area contributed by atoms with Crippen molar-refractivity contribution in [3.05, 3.63) is 70.8 Å². The lowest BCUT2D eigenvalue weighted by atomic mass is 10.1. The normalized spacial score (nSPS) is 19.3. The first-order chi connectivity index (χ1) is 13.3. The number of benzene rings is 1. The zero-order chi connectivity index (χ0) is 18.6. The van der Waals surface area contributed by atoms with E-state index in [2.05, 4.69) is 15.5 Å². The molecule has 0 radical (unpaired) electrons. The highest BCUT2D eigenvalue weighted by molar-refractivity contribution is 5.33. The van der Waals surface area contributed by atoms with E-state index in [-0.39, 0.29) is 17.6 Å². The Hall–Kier alpha value is -2.97. The molecule has 2 atom stereocenters. The molecular formula is C19H21N5O3. The van der Waals surface area contributed by atoms with Crippen LogP contribution in [0.2, 0.25) is 0 Å². The minimum Gasteiger partial charge on any atom is -0.496 e. The van der Waals surface area contributed by atoms with E-state index in [0.717, 1.165) is 11.3 Å². The number of nitrogens with one attached hydrogen (secondary N) is 1. The number of aromatic nitrogens is 4. The minimum absolute atomic E-state index is 0.0343. The zero-order valence-corrected chi connectivity index (χ0v) is 15.0. The molecule has 27 heavy (non-hydrogen) atoms. The van der Waals surface area contributed by atoms with Crippen LogP contribution in [0, 0.1) is 0 Å². The molecule has 3 heterocycles. The molecule has 1 aliphatic heterocycles. The molecule has 4 rings (SSSR count). The van der Waals surface area contributed by atoms with Crippen LogP contribution in [-0.2, 0) is 11.3 Å². The van der Waals surface area contributed by atoms with Crippen molar-refractivity contribution in [3.63, 3.8) is 0 Å². The molecule has 1 aliphatic rings. The van der Waals surface area contributed by atoms with Gasteiger partial charge in [0.25, 0.3) is 5.56 Å². The summed E-state index contributed by atoms with van der Waals surface area (Å²) < 4.78 is 14.2. The predicted octanol–water partition coefficient (Wildman–Crippen LogP) is 1.17. The van der Waals surface area contributed by atoms with Gasteiger partial charge in [0.15, 0.2) is 5.82 Å². The second kappa shape index (κ2) is 7.73. The maximum absolute atomic E-state index is 12.4. The second-order valence-electron chi connectivity index (χ2n) is 6.33. The quantitative estimate of drug-likeness (QED) is 0.704. The standard InChI is InChI=1S/C19H21N5O3/c1-26-17-6-3-2-5-14(17)11-20-15-12-27-13-16(15)24-19(25)8-7-18(22-24)23-10-4-9-21-23/h2-10,15-16,20H,11-13H2,1H3. The van der Waals surface area contributed by atoms with Crippen LogP contribution in [0.4, 0.5) is 0 Å². The lowest BCUT2D eigenvalue weighted by Crippen LogP contribution is -2.41. The van der Waals surface area contributed by atoms with Gasteiger partial charge in [-0.25, -0.2) is 9.36 Å². The monoisotopic (exact) mass is 367 g/mol. The molecule has 0 aliphatic carbocycles. The van der Waals surface area contributed by atoms with Crippen molar-refractivity contribution in [1.29, 1.82) is 0 Å². The van der Waals surface area contributed by atoms with Gasteiger partial charge >= 0.3 is 0 Å². The van der Waals surface area contributed by atoms with Crippen molar-refractivity contribution in [2.45, 2.75) is 18.6 Å². The van der Waals surface area contributed by atoms with Crippen LogP contribution >= 0.6 is 0 Å². The molecule has 0 bridgehead atoms. The Morgan fingerprint density at radius 2 is 2.11 bits per heavy atom. The lowest BCUT2D eigenvalue weighted by molar-refractivity contribution is 0.180. The van der Waals surface area contributed by atoms with Crippen molar-refractivity contribution >= 4 is 0 Å². The van der Waals surface area contributed by atoms with Crippen LogP contribution in [0.5, 0.6) is 5.75 Å². The van der Waals surface area contributed by atoms with Crippen molar-refractivity contribution in [1.82, 2.24) is 24.9 Å². The van der Waals surface area contributed by atoms with Crippen LogP contribution < -0.4 is 15.6 Å². The number of hydrogen-bond donors (Lipinski definition) is 1. The second-order valence-corrected chi connectivity index (χ2v) is 6.33. The summed E-state index contributed by atoms with van der Waals surface area (Å²) in [6.45, 7) is 1.56. The first-order valence-corrected chi connectivity index (χ1v) is 8.79. The molecule has 1 saturated heterocycles. The van der Waals surface area contributed by atoms with Gasteiger partial charge in [0.1, 0.15) is 5.75 Å². The van der Waals surface area contributed by atoms with E-state index in [0.29, 0.717) is 25.6 Å². The van der Waals surface area contributed by atoms with E-state index in [9.17, 15) is 4.79 Å². The number of hydrogen-bond acceptors (Lipinski definition) is 6. The Balaban J connectivity index is 1.55. The van der Waals surface area contributed by atoms with Crippen molar-refractivity contribution < 1.29 is 9.47 Å². The van der Waals surface area contributed by atoms with E-state index in [1.165, 1.54) is 10.7 Å². The maximum atomic E-state index is 12.4. The average molecular weight is 367 g/mol. The molecule has 2 unspecified atom stereocenters. The summed E-state index contributed by atoms with van der Waals surface area (Å²) in [5.41, 5.74) is 0.891. The fourth-order valence-electron chi connectivity index (χ4n) is 3.25. The summed E-state index contributed by atoms with van der Waals surface area (Å²) in [6.07, 6.45) is 3.47. The summed E-state index contributed by atoms with van der Waals surface area (Å²) in [6, 6.07) is 12.6. The Morgan fingerprint density at radius 1 is 1.22 bits per heavy atom. The fraction of sp³-hybridized carbons (Fsp3) is 0.316. The molecule has 0 amide bonds. The molecule has 8 nitrogen and oxygen atoms in total. The SMILES string of the molecule is COc1ccccc1CNC1COCC1n1nc(-n2cccn2)ccc1=O. The fourth-order valence-corrected chi connectivity index (χ4v) is 3.25. The maximum Gasteiger partial charge on any atom is 0.267 e. The third-order valence-corrected chi connectivity index (χ3v) is 4.66. The van der Waals surface area contributed by atoms with E-state index in [1.807, 2.05) is 30.3 Å². The lowest BCUT2D eigenvalue weighted by Gasteiger charge is -2.21. The zero-order valence-electron chi connectivity index (χ0n) is 15.0. The Kier molecular flexibility index (Phi) is 4.99. The number of para-hydroxylation sites is 1. The molecule has 0 saturated carbocycles. The van der Waals surface area contributed by atoms with Crippen molar-refractivity contribution in [2.24, 2.45) is 0 Å². The minimum atomic E-state index is -0.192. The number of methoxy groups -OCH3 is 1. The first-order valence-electron chi connectivity index (χ1n) is 8.79. The third kappa shape index (κ3) is 3.62. The predicted molar refractivity (Wildman–Crippen MR) is 99.1 cm³/mol. The largest absolute Gasteiger partial charge is 0.496 e. The van der Waals surface area contributed by atoms with Gasteiger partial charge in [-0.3, -0.25) is 4.79 Å². The van der Waals surface area contributed by atoms with Gasteiger partial charge in [-0.15, -0.1) is 5.10 Å². The molecule has 1 fully saturated rings. The van der Waals surface area contributed by atoms with E-state index >= 15 is 0 Å². The van der Waals surface area contributed by atoms with Gasteiger partial charge in [-0.1, -0.05) is 18.2 Å². The Morgan fingerprint density at radius 3 is 2.93 bits per heavy atom. The van der Waals surface area contributed by atoms with Crippen LogP contribution in [-0.4, -0.2) is 45.9 Å². The highest BCUT2D eigenvalue weighted by Gasteiger charge is 2.31. The molecule has 8 heteroatoms. The molecule has 0 spiro atoms. The first kappa shape index (κ1) is 17.4. The topological polar surface area (TPSA) is 83.2 Å². The molecule has 2 aromatic heterocycles. The van der Waals surface area contributed by atoms with Crippen molar-refractivity contribution in [2.75, 3.05) is 20.3 Å². The van der Waals surface area contributed by atoms with Gasteiger partial charge < -0.3 is 14.8 Å². The summed E-state index contributed by atoms with van der Waals surface area (Å²) in [7, 11) is 1.66. The number of rotatable bonds is 6. The summed E-state index contributed by atoms with van der Waals surface area (Å²) in [5, 5.41) is 12.1. The number of ether oxygens (including phenoxy) is 2. The van der Waals surface area contributed by atoms with Crippen LogP contribution in [0.25, 0.3) is 5.82 Å². The summed E-state index contributed by atoms with van der Waals surface area (Å²) in [5.74, 6) is 1.42.